The van der Waals surface area contributed by atoms with E-state index >= 15 is 0 Å². The van der Waals surface area contributed by atoms with Gasteiger partial charge in [-0.1, -0.05) is 12.8 Å². The summed E-state index contributed by atoms with van der Waals surface area (Å²) in [6.45, 7) is 3.66. The van der Waals surface area contributed by atoms with E-state index in [1.54, 1.807) is 6.07 Å². The fourth-order valence-corrected chi connectivity index (χ4v) is 2.83. The summed E-state index contributed by atoms with van der Waals surface area (Å²) in [6, 6.07) is 1.77. The molecule has 1 aromatic heterocycles. The second kappa shape index (κ2) is 5.46. The fraction of sp³-hybridized carbons (Fsp3) is 0.643. The number of hydrogen-bond acceptors (Lipinski definition) is 2. The molecule has 4 heteroatoms. The van der Waals surface area contributed by atoms with Gasteiger partial charge in [-0.25, -0.2) is 0 Å². The van der Waals surface area contributed by atoms with Crippen LogP contribution in [0.5, 0.6) is 0 Å². The molecular formula is C14H23N3O. The molecule has 1 heterocycles. The molecule has 18 heavy (non-hydrogen) atoms. The highest BCUT2D eigenvalue weighted by Gasteiger charge is 2.22. The normalized spacial score (nSPS) is 16.1. The monoisotopic (exact) mass is 249 g/mol. The molecule has 2 rings (SSSR count). The van der Waals surface area contributed by atoms with Gasteiger partial charge in [0.05, 0.1) is 5.69 Å². The minimum atomic E-state index is 0.0837. The molecule has 100 valence electrons. The molecule has 0 aliphatic heterocycles. The topological polar surface area (TPSA) is 51.3 Å². The molecule has 1 aromatic rings. The molecular weight excluding hydrogens is 226 g/mol. The molecule has 1 amide bonds. The molecule has 1 fully saturated rings. The minimum Gasteiger partial charge on any atom is -0.397 e. The zero-order chi connectivity index (χ0) is 13.1. The van der Waals surface area contributed by atoms with Crippen molar-refractivity contribution in [2.75, 3.05) is 19.3 Å². The number of aryl methyl sites for hydroxylation is 1. The van der Waals surface area contributed by atoms with Gasteiger partial charge >= 0.3 is 0 Å². The zero-order valence-corrected chi connectivity index (χ0v) is 11.4. The van der Waals surface area contributed by atoms with Gasteiger partial charge in [0.2, 0.25) is 0 Å². The third-order valence-electron chi connectivity index (χ3n) is 3.83. The molecule has 0 unspecified atom stereocenters. The summed E-state index contributed by atoms with van der Waals surface area (Å²) in [5, 5.41) is 0. The number of carbonyl (C=O) groups is 1. The van der Waals surface area contributed by atoms with Crippen molar-refractivity contribution < 1.29 is 4.79 Å². The van der Waals surface area contributed by atoms with Crippen LogP contribution in [0.2, 0.25) is 0 Å². The van der Waals surface area contributed by atoms with Crippen molar-refractivity contribution in [2.24, 2.45) is 5.92 Å². The van der Waals surface area contributed by atoms with Gasteiger partial charge in [-0.05, 0) is 31.7 Å². The number of aromatic nitrogens is 1. The van der Waals surface area contributed by atoms with E-state index in [0.717, 1.165) is 13.1 Å². The van der Waals surface area contributed by atoms with Crippen LogP contribution in [-0.2, 0) is 6.54 Å². The first kappa shape index (κ1) is 13.0. The molecule has 2 N–H and O–H groups in total. The lowest BCUT2D eigenvalue weighted by molar-refractivity contribution is 0.0763. The fourth-order valence-electron chi connectivity index (χ4n) is 2.83. The summed E-state index contributed by atoms with van der Waals surface area (Å²) in [5.74, 6) is 0.766. The number of amides is 1. The van der Waals surface area contributed by atoms with E-state index in [1.807, 2.05) is 29.6 Å². The van der Waals surface area contributed by atoms with Crippen LogP contribution in [0.4, 0.5) is 5.69 Å². The average molecular weight is 249 g/mol. The van der Waals surface area contributed by atoms with Crippen LogP contribution in [0, 0.1) is 5.92 Å². The Bertz CT molecular complexity index is 419. The molecule has 0 spiro atoms. The third-order valence-corrected chi connectivity index (χ3v) is 3.83. The minimum absolute atomic E-state index is 0.0837. The molecule has 4 nitrogen and oxygen atoms in total. The smallest absolute Gasteiger partial charge is 0.270 e. The quantitative estimate of drug-likeness (QED) is 0.890. The van der Waals surface area contributed by atoms with Gasteiger partial charge in [0.15, 0.2) is 0 Å². The van der Waals surface area contributed by atoms with E-state index < -0.39 is 0 Å². The Kier molecular flexibility index (Phi) is 3.94. The Labute approximate surface area is 109 Å². The summed E-state index contributed by atoms with van der Waals surface area (Å²) in [6.07, 6.45) is 6.97. The van der Waals surface area contributed by atoms with Gasteiger partial charge in [-0.3, -0.25) is 4.79 Å². The van der Waals surface area contributed by atoms with Crippen LogP contribution in [0.15, 0.2) is 12.3 Å². The SMILES string of the molecule is CCn1cc(N)cc1C(=O)N(C)CC1CCCC1. The van der Waals surface area contributed by atoms with Crippen molar-refractivity contribution in [3.8, 4) is 0 Å². The number of nitrogens with two attached hydrogens (primary N) is 1. The summed E-state index contributed by atoms with van der Waals surface area (Å²) < 4.78 is 1.92. The van der Waals surface area contributed by atoms with E-state index in [0.29, 0.717) is 17.3 Å². The van der Waals surface area contributed by atoms with Crippen molar-refractivity contribution in [1.82, 2.24) is 9.47 Å². The van der Waals surface area contributed by atoms with Crippen LogP contribution in [0.1, 0.15) is 43.1 Å². The Morgan fingerprint density at radius 3 is 2.78 bits per heavy atom. The van der Waals surface area contributed by atoms with Crippen molar-refractivity contribution in [3.63, 3.8) is 0 Å². The van der Waals surface area contributed by atoms with E-state index in [9.17, 15) is 4.79 Å². The number of rotatable bonds is 4. The first-order chi connectivity index (χ1) is 8.61. The molecule has 1 saturated carbocycles. The highest BCUT2D eigenvalue weighted by atomic mass is 16.2. The van der Waals surface area contributed by atoms with E-state index in [4.69, 9.17) is 5.73 Å². The summed E-state index contributed by atoms with van der Waals surface area (Å²) in [4.78, 5) is 14.2. The van der Waals surface area contributed by atoms with Gasteiger partial charge in [-0.2, -0.15) is 0 Å². The number of anilines is 1. The van der Waals surface area contributed by atoms with Crippen molar-refractivity contribution >= 4 is 11.6 Å². The molecule has 0 atom stereocenters. The predicted molar refractivity (Wildman–Crippen MR) is 73.4 cm³/mol. The van der Waals surface area contributed by atoms with E-state index in [2.05, 4.69) is 0 Å². The molecule has 1 aliphatic rings. The molecule has 0 radical (unpaired) electrons. The van der Waals surface area contributed by atoms with Crippen LogP contribution in [-0.4, -0.2) is 29.0 Å². The highest BCUT2D eigenvalue weighted by molar-refractivity contribution is 5.93. The zero-order valence-electron chi connectivity index (χ0n) is 11.4. The predicted octanol–water partition coefficient (Wildman–Crippen LogP) is 2.35. The lowest BCUT2D eigenvalue weighted by Gasteiger charge is -2.21. The van der Waals surface area contributed by atoms with Crippen LogP contribution >= 0.6 is 0 Å². The molecule has 0 aromatic carbocycles. The third kappa shape index (κ3) is 2.68. The first-order valence-corrected chi connectivity index (χ1v) is 6.83. The molecule has 0 saturated heterocycles. The largest absolute Gasteiger partial charge is 0.397 e. The lowest BCUT2D eigenvalue weighted by atomic mass is 10.1. The second-order valence-corrected chi connectivity index (χ2v) is 5.28. The Hall–Kier alpha value is -1.45. The maximum Gasteiger partial charge on any atom is 0.270 e. The summed E-state index contributed by atoms with van der Waals surface area (Å²) in [7, 11) is 1.89. The first-order valence-electron chi connectivity index (χ1n) is 6.83. The van der Waals surface area contributed by atoms with E-state index in [1.165, 1.54) is 25.7 Å². The number of carbonyl (C=O) groups excluding carboxylic acids is 1. The number of nitrogen functional groups attached to an aromatic ring is 1. The van der Waals surface area contributed by atoms with Gasteiger partial charge in [0, 0.05) is 26.3 Å². The van der Waals surface area contributed by atoms with Crippen molar-refractivity contribution in [1.29, 1.82) is 0 Å². The van der Waals surface area contributed by atoms with Gasteiger partial charge < -0.3 is 15.2 Å². The van der Waals surface area contributed by atoms with Crippen LogP contribution < -0.4 is 5.73 Å². The molecule has 1 aliphatic carbocycles. The number of nitrogens with zero attached hydrogens (tertiary/aromatic N) is 2. The Morgan fingerprint density at radius 1 is 1.50 bits per heavy atom. The van der Waals surface area contributed by atoms with Gasteiger partial charge in [-0.15, -0.1) is 0 Å². The molecule has 0 bridgehead atoms. The van der Waals surface area contributed by atoms with Gasteiger partial charge in [0.25, 0.3) is 5.91 Å². The van der Waals surface area contributed by atoms with E-state index in [-0.39, 0.29) is 5.91 Å². The maximum atomic E-state index is 12.4. The van der Waals surface area contributed by atoms with Crippen LogP contribution in [0.25, 0.3) is 0 Å². The lowest BCUT2D eigenvalue weighted by Crippen LogP contribution is -2.32. The standard InChI is InChI=1S/C14H23N3O/c1-3-17-10-12(15)8-13(17)14(18)16(2)9-11-6-4-5-7-11/h8,10-11H,3-7,9,15H2,1-2H3. The highest BCUT2D eigenvalue weighted by Crippen LogP contribution is 2.25. The maximum absolute atomic E-state index is 12.4. The second-order valence-electron chi connectivity index (χ2n) is 5.28. The summed E-state index contributed by atoms with van der Waals surface area (Å²) >= 11 is 0. The summed E-state index contributed by atoms with van der Waals surface area (Å²) in [5.41, 5.74) is 7.13. The van der Waals surface area contributed by atoms with Crippen molar-refractivity contribution in [3.05, 3.63) is 18.0 Å². The Balaban J connectivity index is 2.04. The number of hydrogen-bond donors (Lipinski definition) is 1. The van der Waals surface area contributed by atoms with Crippen molar-refractivity contribution in [2.45, 2.75) is 39.2 Å². The average Bonchev–Trinajstić information content (AvgIpc) is 2.97. The Morgan fingerprint density at radius 2 is 2.17 bits per heavy atom. The van der Waals surface area contributed by atoms with Crippen LogP contribution in [0.3, 0.4) is 0 Å². The van der Waals surface area contributed by atoms with Gasteiger partial charge in [0.1, 0.15) is 5.69 Å².